The number of ether oxygens (including phenoxy) is 2. The number of hydrogen-bond donors (Lipinski definition) is 1. The van der Waals surface area contributed by atoms with Gasteiger partial charge in [-0.25, -0.2) is 9.78 Å². The Morgan fingerprint density at radius 3 is 2.68 bits per heavy atom. The molecular formula is C13H21N3O3. The Balaban J connectivity index is 3.07. The Hall–Kier alpha value is -1.82. The quantitative estimate of drug-likeness (QED) is 0.783. The highest BCUT2D eigenvalue weighted by Crippen LogP contribution is 2.20. The number of esters is 1. The summed E-state index contributed by atoms with van der Waals surface area (Å²) in [6.45, 7) is 5.36. The standard InChI is InChI=1S/C13H21N3O3/c1-9(2)16(5-6-18-3)12-7-10(13(17)19-4)11(14)8-15-12/h7-9H,5-6,14H2,1-4H3. The van der Waals surface area contributed by atoms with E-state index in [-0.39, 0.29) is 6.04 Å². The van der Waals surface area contributed by atoms with Gasteiger partial charge in [0, 0.05) is 19.7 Å². The summed E-state index contributed by atoms with van der Waals surface area (Å²) in [7, 11) is 2.97. The SMILES string of the molecule is COCCN(c1cc(C(=O)OC)c(N)cn1)C(C)C. The maximum absolute atomic E-state index is 11.6. The second-order valence-electron chi connectivity index (χ2n) is 4.40. The van der Waals surface area contributed by atoms with Crippen molar-refractivity contribution in [1.29, 1.82) is 0 Å². The molecule has 2 N–H and O–H groups in total. The van der Waals surface area contributed by atoms with E-state index in [0.29, 0.717) is 30.2 Å². The predicted molar refractivity (Wildman–Crippen MR) is 74.3 cm³/mol. The molecule has 106 valence electrons. The third kappa shape index (κ3) is 3.82. The number of anilines is 2. The van der Waals surface area contributed by atoms with Crippen molar-refractivity contribution in [2.45, 2.75) is 19.9 Å². The maximum Gasteiger partial charge on any atom is 0.340 e. The van der Waals surface area contributed by atoms with Crippen molar-refractivity contribution >= 4 is 17.5 Å². The lowest BCUT2D eigenvalue weighted by Gasteiger charge is -2.28. The van der Waals surface area contributed by atoms with Crippen LogP contribution in [0.25, 0.3) is 0 Å². The van der Waals surface area contributed by atoms with Crippen LogP contribution in [0.3, 0.4) is 0 Å². The van der Waals surface area contributed by atoms with Gasteiger partial charge in [-0.05, 0) is 19.9 Å². The van der Waals surface area contributed by atoms with E-state index in [2.05, 4.69) is 4.98 Å². The van der Waals surface area contributed by atoms with Gasteiger partial charge in [-0.2, -0.15) is 0 Å². The third-order valence-corrected chi connectivity index (χ3v) is 2.78. The van der Waals surface area contributed by atoms with Gasteiger partial charge in [0.15, 0.2) is 0 Å². The van der Waals surface area contributed by atoms with Gasteiger partial charge in [0.1, 0.15) is 5.82 Å². The number of carbonyl (C=O) groups is 1. The van der Waals surface area contributed by atoms with Crippen molar-refractivity contribution in [1.82, 2.24) is 4.98 Å². The molecule has 19 heavy (non-hydrogen) atoms. The summed E-state index contributed by atoms with van der Waals surface area (Å²) in [4.78, 5) is 17.9. The van der Waals surface area contributed by atoms with Crippen LogP contribution in [0, 0.1) is 0 Å². The molecule has 1 aromatic rings. The minimum atomic E-state index is -0.461. The Labute approximate surface area is 113 Å². The first-order valence-corrected chi connectivity index (χ1v) is 6.10. The number of rotatable bonds is 6. The summed E-state index contributed by atoms with van der Waals surface area (Å²) in [6, 6.07) is 1.88. The van der Waals surface area contributed by atoms with Gasteiger partial charge in [0.2, 0.25) is 0 Å². The molecule has 0 bridgehead atoms. The summed E-state index contributed by atoms with van der Waals surface area (Å²) < 4.78 is 9.78. The molecule has 0 saturated carbocycles. The molecule has 1 heterocycles. The molecule has 0 amide bonds. The molecule has 0 aliphatic rings. The summed E-state index contributed by atoms with van der Waals surface area (Å²) in [5, 5.41) is 0. The summed E-state index contributed by atoms with van der Waals surface area (Å²) in [5.41, 5.74) is 6.38. The van der Waals surface area contributed by atoms with Gasteiger partial charge in [-0.3, -0.25) is 0 Å². The zero-order valence-electron chi connectivity index (χ0n) is 11.8. The van der Waals surface area contributed by atoms with Crippen molar-refractivity contribution in [3.8, 4) is 0 Å². The molecule has 0 spiro atoms. The van der Waals surface area contributed by atoms with Crippen LogP contribution in [0.4, 0.5) is 11.5 Å². The van der Waals surface area contributed by atoms with E-state index in [1.54, 1.807) is 13.2 Å². The molecule has 0 atom stereocenters. The highest BCUT2D eigenvalue weighted by Gasteiger charge is 2.17. The minimum absolute atomic E-state index is 0.233. The highest BCUT2D eigenvalue weighted by atomic mass is 16.5. The van der Waals surface area contributed by atoms with Crippen molar-refractivity contribution < 1.29 is 14.3 Å². The molecule has 0 aliphatic heterocycles. The fraction of sp³-hybridized carbons (Fsp3) is 0.538. The predicted octanol–water partition coefficient (Wildman–Crippen LogP) is 1.31. The number of nitrogen functional groups attached to an aromatic ring is 1. The molecule has 1 aromatic heterocycles. The molecule has 0 aliphatic carbocycles. The van der Waals surface area contributed by atoms with Crippen molar-refractivity contribution in [2.24, 2.45) is 0 Å². The topological polar surface area (TPSA) is 77.7 Å². The van der Waals surface area contributed by atoms with Gasteiger partial charge in [-0.15, -0.1) is 0 Å². The van der Waals surface area contributed by atoms with Crippen LogP contribution in [0.1, 0.15) is 24.2 Å². The number of hydrogen-bond acceptors (Lipinski definition) is 6. The lowest BCUT2D eigenvalue weighted by molar-refractivity contribution is 0.0602. The van der Waals surface area contributed by atoms with E-state index < -0.39 is 5.97 Å². The van der Waals surface area contributed by atoms with Crippen molar-refractivity contribution in [2.75, 3.05) is 38.0 Å². The smallest absolute Gasteiger partial charge is 0.340 e. The Morgan fingerprint density at radius 2 is 2.16 bits per heavy atom. The van der Waals surface area contributed by atoms with Crippen LogP contribution in [0.5, 0.6) is 0 Å². The van der Waals surface area contributed by atoms with Crippen molar-refractivity contribution in [3.63, 3.8) is 0 Å². The van der Waals surface area contributed by atoms with E-state index in [1.807, 2.05) is 18.7 Å². The van der Waals surface area contributed by atoms with Crippen LogP contribution in [-0.4, -0.2) is 44.4 Å². The average molecular weight is 267 g/mol. The number of nitrogens with two attached hydrogens (primary N) is 1. The minimum Gasteiger partial charge on any atom is -0.465 e. The molecular weight excluding hydrogens is 246 g/mol. The first-order chi connectivity index (χ1) is 9.01. The zero-order valence-corrected chi connectivity index (χ0v) is 11.8. The van der Waals surface area contributed by atoms with Crippen LogP contribution in [-0.2, 0) is 9.47 Å². The molecule has 0 unspecified atom stereocenters. The van der Waals surface area contributed by atoms with Gasteiger partial charge in [-0.1, -0.05) is 0 Å². The van der Waals surface area contributed by atoms with Crippen LogP contribution < -0.4 is 10.6 Å². The second-order valence-corrected chi connectivity index (χ2v) is 4.40. The van der Waals surface area contributed by atoms with E-state index in [4.69, 9.17) is 15.2 Å². The number of methoxy groups -OCH3 is 2. The number of aromatic nitrogens is 1. The van der Waals surface area contributed by atoms with E-state index in [1.165, 1.54) is 13.3 Å². The summed E-state index contributed by atoms with van der Waals surface area (Å²) in [6.07, 6.45) is 1.48. The highest BCUT2D eigenvalue weighted by molar-refractivity contribution is 5.95. The Bertz CT molecular complexity index is 435. The number of pyridine rings is 1. The Morgan fingerprint density at radius 1 is 1.47 bits per heavy atom. The van der Waals surface area contributed by atoms with Crippen molar-refractivity contribution in [3.05, 3.63) is 17.8 Å². The fourth-order valence-electron chi connectivity index (χ4n) is 1.73. The number of nitrogens with zero attached hydrogens (tertiary/aromatic N) is 2. The van der Waals surface area contributed by atoms with Gasteiger partial charge in [0.25, 0.3) is 0 Å². The molecule has 6 nitrogen and oxygen atoms in total. The van der Waals surface area contributed by atoms with Gasteiger partial charge < -0.3 is 20.1 Å². The largest absolute Gasteiger partial charge is 0.465 e. The summed E-state index contributed by atoms with van der Waals surface area (Å²) in [5.74, 6) is 0.221. The molecule has 1 rings (SSSR count). The van der Waals surface area contributed by atoms with E-state index in [0.717, 1.165) is 0 Å². The second kappa shape index (κ2) is 6.94. The number of carbonyl (C=O) groups excluding carboxylic acids is 1. The average Bonchev–Trinajstić information content (AvgIpc) is 2.39. The molecule has 0 aromatic carbocycles. The van der Waals surface area contributed by atoms with Gasteiger partial charge in [0.05, 0.1) is 31.2 Å². The molecule has 6 heteroatoms. The molecule has 0 saturated heterocycles. The van der Waals surface area contributed by atoms with Crippen LogP contribution >= 0.6 is 0 Å². The first kappa shape index (κ1) is 15.2. The first-order valence-electron chi connectivity index (χ1n) is 6.10. The Kier molecular flexibility index (Phi) is 5.57. The fourth-order valence-corrected chi connectivity index (χ4v) is 1.73. The third-order valence-electron chi connectivity index (χ3n) is 2.78. The van der Waals surface area contributed by atoms with Gasteiger partial charge >= 0.3 is 5.97 Å². The van der Waals surface area contributed by atoms with Crippen LogP contribution in [0.15, 0.2) is 12.3 Å². The summed E-state index contributed by atoms with van der Waals surface area (Å²) >= 11 is 0. The monoisotopic (exact) mass is 267 g/mol. The van der Waals surface area contributed by atoms with E-state index >= 15 is 0 Å². The molecule has 0 fully saturated rings. The zero-order chi connectivity index (χ0) is 14.4. The van der Waals surface area contributed by atoms with Crippen LogP contribution in [0.2, 0.25) is 0 Å². The lowest BCUT2D eigenvalue weighted by atomic mass is 10.2. The molecule has 0 radical (unpaired) electrons. The normalized spacial score (nSPS) is 10.6. The van der Waals surface area contributed by atoms with E-state index in [9.17, 15) is 4.79 Å². The maximum atomic E-state index is 11.6. The lowest BCUT2D eigenvalue weighted by Crippen LogP contribution is -2.34.